The molecule has 0 aliphatic carbocycles. The second-order valence-corrected chi connectivity index (χ2v) is 4.22. The number of ether oxygens (including phenoxy) is 2. The first-order valence-electron chi connectivity index (χ1n) is 6.15. The summed E-state index contributed by atoms with van der Waals surface area (Å²) in [6, 6.07) is 0. The van der Waals surface area contributed by atoms with Crippen molar-refractivity contribution in [2.24, 2.45) is 0 Å². The molecule has 0 saturated carbocycles. The van der Waals surface area contributed by atoms with Crippen LogP contribution in [-0.4, -0.2) is 42.7 Å². The van der Waals surface area contributed by atoms with Crippen molar-refractivity contribution < 1.29 is 23.0 Å². The van der Waals surface area contributed by atoms with Gasteiger partial charge in [-0.25, -0.2) is 23.5 Å². The lowest BCUT2D eigenvalue weighted by molar-refractivity contribution is 0.0182. The van der Waals surface area contributed by atoms with Crippen molar-refractivity contribution in [2.45, 2.75) is 25.9 Å². The van der Waals surface area contributed by atoms with Gasteiger partial charge in [0.1, 0.15) is 12.4 Å². The molecule has 1 aliphatic heterocycles. The van der Waals surface area contributed by atoms with Gasteiger partial charge in [-0.05, 0) is 0 Å². The summed E-state index contributed by atoms with van der Waals surface area (Å²) in [5.74, 6) is -0.135. The third-order valence-corrected chi connectivity index (χ3v) is 2.83. The highest BCUT2D eigenvalue weighted by Gasteiger charge is 2.23. The number of alkyl halides is 2. The first kappa shape index (κ1) is 14.7. The predicted molar refractivity (Wildman–Crippen MR) is 64.4 cm³/mol. The van der Waals surface area contributed by atoms with Gasteiger partial charge >= 0.3 is 5.97 Å². The Morgan fingerprint density at radius 3 is 2.90 bits per heavy atom. The van der Waals surface area contributed by atoms with Crippen LogP contribution in [0.15, 0.2) is 0 Å². The maximum absolute atomic E-state index is 11.9. The van der Waals surface area contributed by atoms with Crippen molar-refractivity contribution in [3.63, 3.8) is 0 Å². The standard InChI is InChI=1S/C12H15F2N3O3/c1-19-12(18)11-7-4-15-5-8(7)16-10(17-11)2-3-20-6-9(13)14/h9,15H,2-6H2,1H3. The quantitative estimate of drug-likeness (QED) is 0.613. The molecular weight excluding hydrogens is 272 g/mol. The van der Waals surface area contributed by atoms with Gasteiger partial charge in [0, 0.05) is 25.1 Å². The molecule has 0 fully saturated rings. The predicted octanol–water partition coefficient (Wildman–Crippen LogP) is 0.691. The van der Waals surface area contributed by atoms with Crippen LogP contribution in [0.2, 0.25) is 0 Å². The number of carbonyl (C=O) groups is 1. The average Bonchev–Trinajstić information content (AvgIpc) is 2.89. The minimum atomic E-state index is -2.49. The van der Waals surface area contributed by atoms with Gasteiger partial charge in [0.05, 0.1) is 19.4 Å². The highest BCUT2D eigenvalue weighted by Crippen LogP contribution is 2.18. The first-order chi connectivity index (χ1) is 9.61. The molecule has 0 radical (unpaired) electrons. The van der Waals surface area contributed by atoms with Crippen molar-refractivity contribution in [1.29, 1.82) is 0 Å². The number of halogens is 2. The lowest BCUT2D eigenvalue weighted by Crippen LogP contribution is -2.15. The van der Waals surface area contributed by atoms with E-state index in [1.165, 1.54) is 7.11 Å². The highest BCUT2D eigenvalue weighted by molar-refractivity contribution is 5.89. The summed E-state index contributed by atoms with van der Waals surface area (Å²) in [7, 11) is 1.28. The average molecular weight is 287 g/mol. The van der Waals surface area contributed by atoms with E-state index >= 15 is 0 Å². The van der Waals surface area contributed by atoms with Crippen molar-refractivity contribution >= 4 is 5.97 Å². The zero-order valence-electron chi connectivity index (χ0n) is 11.0. The Morgan fingerprint density at radius 1 is 1.40 bits per heavy atom. The molecule has 2 heterocycles. The maximum atomic E-state index is 11.9. The summed E-state index contributed by atoms with van der Waals surface area (Å²) in [6.45, 7) is 0.530. The number of carbonyl (C=O) groups excluding carboxylic acids is 1. The van der Waals surface area contributed by atoms with E-state index in [4.69, 9.17) is 4.74 Å². The van der Waals surface area contributed by atoms with Crippen molar-refractivity contribution in [1.82, 2.24) is 15.3 Å². The van der Waals surface area contributed by atoms with Gasteiger partial charge in [-0.3, -0.25) is 0 Å². The van der Waals surface area contributed by atoms with Crippen molar-refractivity contribution in [3.8, 4) is 0 Å². The lowest BCUT2D eigenvalue weighted by Gasteiger charge is -2.08. The fourth-order valence-corrected chi connectivity index (χ4v) is 1.93. The molecule has 1 aromatic rings. The normalized spacial score (nSPS) is 13.6. The fourth-order valence-electron chi connectivity index (χ4n) is 1.93. The van der Waals surface area contributed by atoms with Crippen LogP contribution in [0.1, 0.15) is 27.6 Å². The summed E-state index contributed by atoms with van der Waals surface area (Å²) < 4.78 is 33.3. The molecular formula is C12H15F2N3O3. The number of esters is 1. The number of hydrogen-bond donors (Lipinski definition) is 1. The summed E-state index contributed by atoms with van der Waals surface area (Å²) in [5.41, 5.74) is 1.70. The molecule has 20 heavy (non-hydrogen) atoms. The Hall–Kier alpha value is -1.67. The van der Waals surface area contributed by atoms with E-state index in [9.17, 15) is 13.6 Å². The van der Waals surface area contributed by atoms with Crippen LogP contribution in [0.25, 0.3) is 0 Å². The fraction of sp³-hybridized carbons (Fsp3) is 0.583. The largest absolute Gasteiger partial charge is 0.464 e. The minimum absolute atomic E-state index is 0.0805. The summed E-state index contributed by atoms with van der Waals surface area (Å²) in [4.78, 5) is 20.1. The zero-order valence-corrected chi connectivity index (χ0v) is 11.0. The molecule has 1 aromatic heterocycles. The molecule has 8 heteroatoms. The molecule has 1 aliphatic rings. The molecule has 0 amide bonds. The third-order valence-electron chi connectivity index (χ3n) is 2.83. The Kier molecular flexibility index (Phi) is 4.91. The topological polar surface area (TPSA) is 73.3 Å². The Morgan fingerprint density at radius 2 is 2.20 bits per heavy atom. The molecule has 0 saturated heterocycles. The second-order valence-electron chi connectivity index (χ2n) is 4.22. The van der Waals surface area contributed by atoms with E-state index in [1.54, 1.807) is 0 Å². The van der Waals surface area contributed by atoms with Gasteiger partial charge in [-0.1, -0.05) is 0 Å². The molecule has 0 atom stereocenters. The molecule has 6 nitrogen and oxygen atoms in total. The number of hydrogen-bond acceptors (Lipinski definition) is 6. The summed E-state index contributed by atoms with van der Waals surface area (Å²) in [6.07, 6.45) is -2.23. The number of nitrogens with zero attached hydrogens (tertiary/aromatic N) is 2. The van der Waals surface area contributed by atoms with E-state index in [0.717, 1.165) is 11.3 Å². The highest BCUT2D eigenvalue weighted by atomic mass is 19.3. The van der Waals surface area contributed by atoms with Gasteiger partial charge in [0.25, 0.3) is 6.43 Å². The van der Waals surface area contributed by atoms with Crippen LogP contribution < -0.4 is 5.32 Å². The van der Waals surface area contributed by atoms with Crippen LogP contribution in [0, 0.1) is 0 Å². The first-order valence-corrected chi connectivity index (χ1v) is 6.15. The Bertz CT molecular complexity index is 497. The van der Waals surface area contributed by atoms with Crippen LogP contribution in [-0.2, 0) is 29.0 Å². The minimum Gasteiger partial charge on any atom is -0.464 e. The smallest absolute Gasteiger partial charge is 0.357 e. The number of nitrogens with one attached hydrogen (secondary N) is 1. The second kappa shape index (κ2) is 6.67. The SMILES string of the molecule is COC(=O)c1nc(CCOCC(F)F)nc2c1CNC2. The van der Waals surface area contributed by atoms with Gasteiger partial charge in [0.2, 0.25) is 0 Å². The van der Waals surface area contributed by atoms with Crippen molar-refractivity contribution in [2.75, 3.05) is 20.3 Å². The Labute approximate surface area is 114 Å². The van der Waals surface area contributed by atoms with Crippen LogP contribution in [0.4, 0.5) is 8.78 Å². The van der Waals surface area contributed by atoms with Crippen LogP contribution in [0.5, 0.6) is 0 Å². The lowest BCUT2D eigenvalue weighted by atomic mass is 10.2. The number of fused-ring (bicyclic) bond motifs is 1. The summed E-state index contributed by atoms with van der Waals surface area (Å²) >= 11 is 0. The van der Waals surface area contributed by atoms with Gasteiger partial charge in [-0.15, -0.1) is 0 Å². The number of rotatable bonds is 6. The molecule has 0 aromatic carbocycles. The van der Waals surface area contributed by atoms with Crippen molar-refractivity contribution in [3.05, 3.63) is 22.8 Å². The molecule has 0 spiro atoms. The van der Waals surface area contributed by atoms with Gasteiger partial charge in [-0.2, -0.15) is 0 Å². The molecule has 0 unspecified atom stereocenters. The van der Waals surface area contributed by atoms with E-state index < -0.39 is 19.0 Å². The van der Waals surface area contributed by atoms with Crippen LogP contribution in [0.3, 0.4) is 0 Å². The molecule has 1 N–H and O–H groups in total. The molecule has 110 valence electrons. The van der Waals surface area contributed by atoms with E-state index in [-0.39, 0.29) is 18.7 Å². The van der Waals surface area contributed by atoms with E-state index in [1.807, 2.05) is 0 Å². The summed E-state index contributed by atoms with van der Waals surface area (Å²) in [5, 5.41) is 3.08. The van der Waals surface area contributed by atoms with Crippen LogP contribution >= 0.6 is 0 Å². The Balaban J connectivity index is 2.08. The van der Waals surface area contributed by atoms with E-state index in [0.29, 0.717) is 18.9 Å². The van der Waals surface area contributed by atoms with Gasteiger partial charge < -0.3 is 14.8 Å². The zero-order chi connectivity index (χ0) is 14.5. The number of methoxy groups -OCH3 is 1. The molecule has 0 bridgehead atoms. The third kappa shape index (κ3) is 3.45. The monoisotopic (exact) mass is 287 g/mol. The maximum Gasteiger partial charge on any atom is 0.357 e. The number of aromatic nitrogens is 2. The molecule has 2 rings (SSSR count). The van der Waals surface area contributed by atoms with E-state index in [2.05, 4.69) is 20.0 Å². The van der Waals surface area contributed by atoms with Gasteiger partial charge in [0.15, 0.2) is 5.69 Å².